The Morgan fingerprint density at radius 1 is 1.06 bits per heavy atom. The molecule has 3 aromatic carbocycles. The molecule has 34 heavy (non-hydrogen) atoms. The Kier molecular flexibility index (Phi) is 6.97. The summed E-state index contributed by atoms with van der Waals surface area (Å²) in [5.74, 6) is 0.825. The summed E-state index contributed by atoms with van der Waals surface area (Å²) >= 11 is 0. The Balaban J connectivity index is 1.53. The number of carbonyl (C=O) groups excluding carboxylic acids is 1. The van der Waals surface area contributed by atoms with Crippen LogP contribution in [0.25, 0.3) is 5.57 Å². The Bertz CT molecular complexity index is 1220. The van der Waals surface area contributed by atoms with Crippen LogP contribution in [0.4, 0.5) is 0 Å². The van der Waals surface area contributed by atoms with Crippen LogP contribution in [-0.2, 0) is 16.1 Å². The fourth-order valence-electron chi connectivity index (χ4n) is 4.14. The summed E-state index contributed by atoms with van der Waals surface area (Å²) in [5.41, 5.74) is 4.89. The second kappa shape index (κ2) is 10.3. The van der Waals surface area contributed by atoms with Crippen molar-refractivity contribution in [1.82, 2.24) is 5.01 Å². The third kappa shape index (κ3) is 4.81. The van der Waals surface area contributed by atoms with Gasteiger partial charge in [-0.25, -0.2) is 4.79 Å². The molecule has 0 bridgehead atoms. The molecule has 3 aromatic rings. The van der Waals surface area contributed by atoms with Gasteiger partial charge in [-0.2, -0.15) is 5.10 Å². The molecule has 0 amide bonds. The van der Waals surface area contributed by atoms with Crippen LogP contribution < -0.4 is 9.47 Å². The predicted molar refractivity (Wildman–Crippen MR) is 133 cm³/mol. The number of methoxy groups -OCH3 is 2. The second-order valence-corrected chi connectivity index (χ2v) is 8.02. The number of hydrogen-bond acceptors (Lipinski definition) is 6. The molecule has 1 heterocycles. The van der Waals surface area contributed by atoms with Crippen LogP contribution in [-0.4, -0.2) is 38.0 Å². The largest absolute Gasteiger partial charge is 0.496 e. The van der Waals surface area contributed by atoms with Gasteiger partial charge in [0.25, 0.3) is 0 Å². The minimum Gasteiger partial charge on any atom is -0.496 e. The maximum atomic E-state index is 12.1. The maximum Gasteiger partial charge on any atom is 0.337 e. The number of hydrazone groups is 1. The van der Waals surface area contributed by atoms with E-state index in [1.54, 1.807) is 7.11 Å². The third-order valence-electron chi connectivity index (χ3n) is 5.96. The monoisotopic (exact) mass is 456 g/mol. The van der Waals surface area contributed by atoms with Gasteiger partial charge >= 0.3 is 5.97 Å². The van der Waals surface area contributed by atoms with Gasteiger partial charge in [0.05, 0.1) is 31.5 Å². The zero-order valence-electron chi connectivity index (χ0n) is 19.7. The molecule has 0 N–H and O–H groups in total. The normalized spacial score (nSPS) is 15.0. The van der Waals surface area contributed by atoms with Crippen LogP contribution in [0, 0.1) is 0 Å². The van der Waals surface area contributed by atoms with Crippen LogP contribution in [0.15, 0.2) is 84.5 Å². The highest BCUT2D eigenvalue weighted by Gasteiger charge is 2.26. The van der Waals surface area contributed by atoms with E-state index in [1.807, 2.05) is 60.6 Å². The van der Waals surface area contributed by atoms with Crippen LogP contribution in [0.2, 0.25) is 0 Å². The summed E-state index contributed by atoms with van der Waals surface area (Å²) in [6.07, 6.45) is 0.819. The van der Waals surface area contributed by atoms with Crippen molar-refractivity contribution < 1.29 is 19.0 Å². The number of esters is 1. The third-order valence-corrected chi connectivity index (χ3v) is 5.96. The first-order valence-corrected chi connectivity index (χ1v) is 11.0. The van der Waals surface area contributed by atoms with Crippen molar-refractivity contribution in [1.29, 1.82) is 0 Å². The van der Waals surface area contributed by atoms with Gasteiger partial charge in [0, 0.05) is 24.6 Å². The van der Waals surface area contributed by atoms with E-state index in [1.165, 1.54) is 12.7 Å². The molecule has 1 aliphatic heterocycles. The van der Waals surface area contributed by atoms with Crippen LogP contribution in [0.3, 0.4) is 0 Å². The molecule has 6 nitrogen and oxygen atoms in total. The molecule has 0 aromatic heterocycles. The highest BCUT2D eigenvalue weighted by Crippen LogP contribution is 2.33. The van der Waals surface area contributed by atoms with E-state index in [-0.39, 0.29) is 18.2 Å². The van der Waals surface area contributed by atoms with E-state index in [2.05, 4.69) is 30.8 Å². The van der Waals surface area contributed by atoms with Gasteiger partial charge in [0.15, 0.2) is 0 Å². The Morgan fingerprint density at radius 3 is 2.56 bits per heavy atom. The quantitative estimate of drug-likeness (QED) is 0.343. The summed E-state index contributed by atoms with van der Waals surface area (Å²) in [7, 11) is 4.92. The lowest BCUT2D eigenvalue weighted by atomic mass is 9.98. The topological polar surface area (TPSA) is 60.4 Å². The first-order chi connectivity index (χ1) is 16.5. The van der Waals surface area contributed by atoms with Gasteiger partial charge in [-0.05, 0) is 29.3 Å². The summed E-state index contributed by atoms with van der Waals surface area (Å²) in [6, 6.07) is 23.9. The molecule has 1 atom stereocenters. The van der Waals surface area contributed by atoms with E-state index < -0.39 is 5.97 Å². The van der Waals surface area contributed by atoms with Crippen LogP contribution in [0.1, 0.15) is 34.7 Å². The first kappa shape index (κ1) is 23.1. The molecule has 6 heteroatoms. The zero-order chi connectivity index (χ0) is 24.1. The zero-order valence-corrected chi connectivity index (χ0v) is 19.7. The minimum absolute atomic E-state index is 0.206. The first-order valence-electron chi connectivity index (χ1n) is 11.0. The summed E-state index contributed by atoms with van der Waals surface area (Å²) in [6.45, 7) is 4.09. The molecule has 0 saturated carbocycles. The van der Waals surface area contributed by atoms with Gasteiger partial charge in [-0.3, -0.25) is 5.01 Å². The number of hydrogen-bond donors (Lipinski definition) is 0. The van der Waals surface area contributed by atoms with Gasteiger partial charge in [0.1, 0.15) is 18.1 Å². The standard InChI is InChI=1S/C28H28N2O4/c1-19(28(31)33-4)23-14-9-15-27(32-3)24(23)18-34-22-13-8-12-21(16-22)25-17-26(30(2)29-25)20-10-6-5-7-11-20/h5-16,26H,1,17-18H2,2-4H3. The number of ether oxygens (including phenoxy) is 3. The van der Waals surface area contributed by atoms with Crippen molar-refractivity contribution >= 4 is 17.3 Å². The van der Waals surface area contributed by atoms with Crippen LogP contribution in [0.5, 0.6) is 11.5 Å². The molecule has 0 aliphatic carbocycles. The molecule has 1 unspecified atom stereocenters. The highest BCUT2D eigenvalue weighted by atomic mass is 16.5. The van der Waals surface area contributed by atoms with Crippen molar-refractivity contribution in [3.05, 3.63) is 102 Å². The Labute approximate surface area is 200 Å². The molecule has 4 rings (SSSR count). The summed E-state index contributed by atoms with van der Waals surface area (Å²) in [5, 5.41) is 6.79. The predicted octanol–water partition coefficient (Wildman–Crippen LogP) is 5.24. The SMILES string of the molecule is C=C(C(=O)OC)c1cccc(OC)c1COc1cccc(C2=NN(C)C(c3ccccc3)C2)c1. The van der Waals surface area contributed by atoms with E-state index >= 15 is 0 Å². The molecule has 174 valence electrons. The molecule has 0 radical (unpaired) electrons. The molecule has 0 saturated heterocycles. The van der Waals surface area contributed by atoms with Gasteiger partial charge in [0.2, 0.25) is 0 Å². The average molecular weight is 457 g/mol. The van der Waals surface area contributed by atoms with Crippen molar-refractivity contribution in [2.24, 2.45) is 5.10 Å². The van der Waals surface area contributed by atoms with Crippen molar-refractivity contribution in [3.63, 3.8) is 0 Å². The fraction of sp³-hybridized carbons (Fsp3) is 0.214. The average Bonchev–Trinajstić information content (AvgIpc) is 3.28. The number of carbonyl (C=O) groups is 1. The second-order valence-electron chi connectivity index (χ2n) is 8.02. The Morgan fingerprint density at radius 2 is 1.82 bits per heavy atom. The van der Waals surface area contributed by atoms with E-state index in [0.717, 1.165) is 23.3 Å². The summed E-state index contributed by atoms with van der Waals surface area (Å²) in [4.78, 5) is 12.1. The van der Waals surface area contributed by atoms with Crippen molar-refractivity contribution in [3.8, 4) is 11.5 Å². The molecular formula is C28H28N2O4. The lowest BCUT2D eigenvalue weighted by molar-refractivity contribution is -0.133. The van der Waals surface area contributed by atoms with Gasteiger partial charge in [-0.15, -0.1) is 0 Å². The maximum absolute atomic E-state index is 12.1. The van der Waals surface area contributed by atoms with Crippen molar-refractivity contribution in [2.75, 3.05) is 21.3 Å². The van der Waals surface area contributed by atoms with Gasteiger partial charge in [-0.1, -0.05) is 61.2 Å². The van der Waals surface area contributed by atoms with E-state index in [9.17, 15) is 4.79 Å². The van der Waals surface area contributed by atoms with Crippen LogP contribution >= 0.6 is 0 Å². The lowest BCUT2D eigenvalue weighted by Crippen LogP contribution is -2.13. The number of benzene rings is 3. The molecule has 1 aliphatic rings. The van der Waals surface area contributed by atoms with Gasteiger partial charge < -0.3 is 14.2 Å². The molecular weight excluding hydrogens is 428 g/mol. The summed E-state index contributed by atoms with van der Waals surface area (Å²) < 4.78 is 16.5. The number of nitrogens with zero attached hydrogens (tertiary/aromatic N) is 2. The van der Waals surface area contributed by atoms with E-state index in [0.29, 0.717) is 17.1 Å². The fourth-order valence-corrected chi connectivity index (χ4v) is 4.14. The lowest BCUT2D eigenvalue weighted by Gasteiger charge is -2.18. The number of rotatable bonds is 8. The van der Waals surface area contributed by atoms with E-state index in [4.69, 9.17) is 19.3 Å². The molecule has 0 fully saturated rings. The Hall–Kier alpha value is -4.06. The highest BCUT2D eigenvalue weighted by molar-refractivity contribution is 6.16. The van der Waals surface area contributed by atoms with Crippen molar-refractivity contribution in [2.45, 2.75) is 19.1 Å². The minimum atomic E-state index is -0.493. The smallest absolute Gasteiger partial charge is 0.337 e. The molecule has 0 spiro atoms.